The molecule has 1 saturated heterocycles. The molecular formula is C26H32N6O6. The van der Waals surface area contributed by atoms with E-state index in [9.17, 15) is 19.2 Å². The number of nitrogen functional groups attached to an aromatic ring is 1. The Labute approximate surface area is 219 Å². The lowest BCUT2D eigenvalue weighted by atomic mass is 9.86. The molecule has 202 valence electrons. The van der Waals surface area contributed by atoms with Crippen LogP contribution in [0.25, 0.3) is 11.3 Å². The van der Waals surface area contributed by atoms with Gasteiger partial charge in [0.2, 0.25) is 5.91 Å². The van der Waals surface area contributed by atoms with Gasteiger partial charge in [-0.05, 0) is 31.7 Å². The van der Waals surface area contributed by atoms with Crippen LogP contribution in [0.3, 0.4) is 0 Å². The number of rotatable bonds is 7. The van der Waals surface area contributed by atoms with Crippen molar-refractivity contribution >= 4 is 23.6 Å². The smallest absolute Gasteiger partial charge is 0.308 e. The van der Waals surface area contributed by atoms with Gasteiger partial charge < -0.3 is 25.4 Å². The van der Waals surface area contributed by atoms with E-state index in [1.54, 1.807) is 29.2 Å². The third-order valence-electron chi connectivity index (χ3n) is 6.96. The molecule has 2 amide bonds. The van der Waals surface area contributed by atoms with Crippen LogP contribution in [-0.4, -0.2) is 77.8 Å². The average Bonchev–Trinajstić information content (AvgIpc) is 2.94. The fraction of sp³-hybridized carbons (Fsp3) is 0.462. The van der Waals surface area contributed by atoms with Gasteiger partial charge in [-0.25, -0.2) is 4.68 Å². The summed E-state index contributed by atoms with van der Waals surface area (Å²) in [6.45, 7) is 1.36. The Balaban J connectivity index is 1.60. The highest BCUT2D eigenvalue weighted by atomic mass is 16.5. The first-order valence-corrected chi connectivity index (χ1v) is 12.6. The largest absolute Gasteiger partial charge is 0.469 e. The SMILES string of the molecule is COC(=O)C1CCC(NC(=O)c2cc(-c3ccc(C(=N)N)cc3)nn(CC(=O)N3CCOCC3)c2=O)CC1. The van der Waals surface area contributed by atoms with Crippen LogP contribution in [0.15, 0.2) is 35.1 Å². The number of morpholine rings is 1. The minimum absolute atomic E-state index is 0.0902. The Morgan fingerprint density at radius 3 is 2.39 bits per heavy atom. The monoisotopic (exact) mass is 524 g/mol. The first-order valence-electron chi connectivity index (χ1n) is 12.6. The van der Waals surface area contributed by atoms with Crippen LogP contribution in [0.1, 0.15) is 41.6 Å². The summed E-state index contributed by atoms with van der Waals surface area (Å²) in [6, 6.07) is 7.88. The molecule has 4 rings (SSSR count). The van der Waals surface area contributed by atoms with Gasteiger partial charge in [0, 0.05) is 30.3 Å². The molecule has 0 atom stereocenters. The molecule has 0 spiro atoms. The Morgan fingerprint density at radius 1 is 1.13 bits per heavy atom. The summed E-state index contributed by atoms with van der Waals surface area (Å²) in [5, 5.41) is 14.9. The second kappa shape index (κ2) is 12.0. The zero-order valence-corrected chi connectivity index (χ0v) is 21.3. The molecule has 12 heteroatoms. The Morgan fingerprint density at radius 2 is 1.79 bits per heavy atom. The zero-order valence-electron chi connectivity index (χ0n) is 21.3. The van der Waals surface area contributed by atoms with Gasteiger partial charge in [0.25, 0.3) is 11.5 Å². The second-order valence-electron chi connectivity index (χ2n) is 9.44. The summed E-state index contributed by atoms with van der Waals surface area (Å²) in [7, 11) is 1.36. The molecule has 2 aromatic rings. The number of hydrogen-bond donors (Lipinski definition) is 3. The van der Waals surface area contributed by atoms with Gasteiger partial charge >= 0.3 is 5.97 Å². The summed E-state index contributed by atoms with van der Waals surface area (Å²) in [5.74, 6) is -1.39. The van der Waals surface area contributed by atoms with E-state index in [1.165, 1.54) is 13.2 Å². The van der Waals surface area contributed by atoms with Crippen molar-refractivity contribution in [2.24, 2.45) is 11.7 Å². The molecule has 2 aliphatic rings. The summed E-state index contributed by atoms with van der Waals surface area (Å²) < 4.78 is 11.1. The van der Waals surface area contributed by atoms with E-state index in [4.69, 9.17) is 20.6 Å². The molecule has 12 nitrogen and oxygen atoms in total. The Kier molecular flexibility index (Phi) is 8.52. The van der Waals surface area contributed by atoms with Crippen molar-refractivity contribution in [2.75, 3.05) is 33.4 Å². The van der Waals surface area contributed by atoms with Crippen LogP contribution < -0.4 is 16.6 Å². The molecule has 1 aliphatic carbocycles. The number of amidine groups is 1. The number of nitrogens with two attached hydrogens (primary N) is 1. The number of carbonyl (C=O) groups is 3. The van der Waals surface area contributed by atoms with E-state index in [2.05, 4.69) is 10.4 Å². The van der Waals surface area contributed by atoms with Crippen molar-refractivity contribution in [1.29, 1.82) is 5.41 Å². The number of aromatic nitrogens is 2. The van der Waals surface area contributed by atoms with Crippen LogP contribution in [-0.2, 0) is 25.6 Å². The van der Waals surface area contributed by atoms with Gasteiger partial charge in [-0.1, -0.05) is 24.3 Å². The number of nitrogens with one attached hydrogen (secondary N) is 2. The van der Waals surface area contributed by atoms with Crippen molar-refractivity contribution in [1.82, 2.24) is 20.0 Å². The van der Waals surface area contributed by atoms with E-state index in [-0.39, 0.29) is 41.8 Å². The van der Waals surface area contributed by atoms with Gasteiger partial charge in [-0.3, -0.25) is 24.6 Å². The highest BCUT2D eigenvalue weighted by molar-refractivity contribution is 5.96. The maximum atomic E-state index is 13.3. The van der Waals surface area contributed by atoms with E-state index in [1.807, 2.05) is 0 Å². The van der Waals surface area contributed by atoms with Crippen LogP contribution in [0.5, 0.6) is 0 Å². The summed E-state index contributed by atoms with van der Waals surface area (Å²) in [4.78, 5) is 52.9. The number of carbonyl (C=O) groups excluding carboxylic acids is 3. The van der Waals surface area contributed by atoms with Crippen LogP contribution >= 0.6 is 0 Å². The fourth-order valence-electron chi connectivity index (χ4n) is 4.72. The van der Waals surface area contributed by atoms with Gasteiger partial charge in [-0.15, -0.1) is 0 Å². The predicted octanol–water partition coefficient (Wildman–Crippen LogP) is 0.515. The first-order chi connectivity index (χ1) is 18.3. The quantitative estimate of drug-likeness (QED) is 0.267. The third kappa shape index (κ3) is 6.25. The number of methoxy groups -OCH3 is 1. The number of benzene rings is 1. The number of esters is 1. The normalized spacial score (nSPS) is 19.4. The van der Waals surface area contributed by atoms with Gasteiger partial charge in [0.05, 0.1) is 31.9 Å². The summed E-state index contributed by atoms with van der Waals surface area (Å²) in [6.07, 6.45) is 2.33. The lowest BCUT2D eigenvalue weighted by molar-refractivity contribution is -0.146. The van der Waals surface area contributed by atoms with Crippen LogP contribution in [0.2, 0.25) is 0 Å². The van der Waals surface area contributed by atoms with Crippen molar-refractivity contribution in [3.63, 3.8) is 0 Å². The number of amides is 2. The Bertz CT molecular complexity index is 1260. The molecule has 4 N–H and O–H groups in total. The summed E-state index contributed by atoms with van der Waals surface area (Å²) in [5.41, 5.74) is 6.19. The van der Waals surface area contributed by atoms with E-state index >= 15 is 0 Å². The minimum Gasteiger partial charge on any atom is -0.469 e. The maximum Gasteiger partial charge on any atom is 0.308 e. The van der Waals surface area contributed by atoms with E-state index < -0.39 is 11.5 Å². The van der Waals surface area contributed by atoms with E-state index in [0.717, 1.165) is 4.68 Å². The number of ether oxygens (including phenoxy) is 2. The lowest BCUT2D eigenvalue weighted by Gasteiger charge is -2.28. The zero-order chi connectivity index (χ0) is 27.2. The lowest BCUT2D eigenvalue weighted by Crippen LogP contribution is -2.45. The van der Waals surface area contributed by atoms with Gasteiger partial charge in [0.1, 0.15) is 17.9 Å². The first kappa shape index (κ1) is 27.0. The third-order valence-corrected chi connectivity index (χ3v) is 6.96. The highest BCUT2D eigenvalue weighted by Gasteiger charge is 2.29. The number of nitrogens with zero attached hydrogens (tertiary/aromatic N) is 3. The predicted molar refractivity (Wildman–Crippen MR) is 138 cm³/mol. The highest BCUT2D eigenvalue weighted by Crippen LogP contribution is 2.25. The van der Waals surface area contributed by atoms with E-state index in [0.29, 0.717) is 68.8 Å². The molecule has 1 aliphatic heterocycles. The second-order valence-corrected chi connectivity index (χ2v) is 9.44. The van der Waals surface area contributed by atoms with Crippen LogP contribution in [0, 0.1) is 11.3 Å². The topological polar surface area (TPSA) is 170 Å². The summed E-state index contributed by atoms with van der Waals surface area (Å²) >= 11 is 0. The van der Waals surface area contributed by atoms with Crippen molar-refractivity contribution in [2.45, 2.75) is 38.3 Å². The molecule has 0 unspecified atom stereocenters. The van der Waals surface area contributed by atoms with Crippen molar-refractivity contribution < 1.29 is 23.9 Å². The molecule has 0 radical (unpaired) electrons. The van der Waals surface area contributed by atoms with Gasteiger partial charge in [0.15, 0.2) is 0 Å². The molecule has 1 aromatic heterocycles. The maximum absolute atomic E-state index is 13.3. The Hall–Kier alpha value is -4.06. The molecular weight excluding hydrogens is 492 g/mol. The fourth-order valence-corrected chi connectivity index (χ4v) is 4.72. The van der Waals surface area contributed by atoms with Crippen LogP contribution in [0.4, 0.5) is 0 Å². The average molecular weight is 525 g/mol. The number of hydrogen-bond acceptors (Lipinski definition) is 8. The molecule has 2 heterocycles. The molecule has 1 aromatic carbocycles. The van der Waals surface area contributed by atoms with Crippen molar-refractivity contribution in [3.8, 4) is 11.3 Å². The minimum atomic E-state index is -0.670. The molecule has 2 fully saturated rings. The molecule has 0 bridgehead atoms. The molecule has 38 heavy (non-hydrogen) atoms. The molecule has 1 saturated carbocycles. The van der Waals surface area contributed by atoms with Gasteiger partial charge in [-0.2, -0.15) is 5.10 Å². The van der Waals surface area contributed by atoms with Crippen molar-refractivity contribution in [3.05, 3.63) is 51.8 Å². The standard InChI is InChI=1S/C26H32N6O6/c1-37-26(36)18-6-8-19(9-7-18)29-24(34)20-14-21(16-2-4-17(5-3-16)23(27)28)30-32(25(20)35)15-22(33)31-10-12-38-13-11-31/h2-5,14,18-19H,6-13,15H2,1H3,(H3,27,28)(H,29,34).